The molecule has 10 heteroatoms. The fraction of sp³-hybridized carbons (Fsp3) is 0.150. The SMILES string of the molecule is COc1ccc(C(=O)NCc2cccc(NC(=O)Cn3cccn3)c2)cc1[N+](=O)[O-]. The summed E-state index contributed by atoms with van der Waals surface area (Å²) in [6.45, 7) is 0.270. The number of rotatable bonds is 8. The standard InChI is InChI=1S/C20H19N5O5/c1-30-18-7-6-15(11-17(18)25(28)29)20(27)21-12-14-4-2-5-16(10-14)23-19(26)13-24-9-3-8-22-24/h2-11H,12-13H2,1H3,(H,21,27)(H,23,26). The molecule has 0 bridgehead atoms. The second kappa shape index (κ2) is 9.32. The number of nitrogens with zero attached hydrogens (tertiary/aromatic N) is 3. The number of benzene rings is 2. The molecule has 0 fully saturated rings. The molecule has 0 atom stereocenters. The van der Waals surface area contributed by atoms with Crippen molar-refractivity contribution in [2.45, 2.75) is 13.1 Å². The van der Waals surface area contributed by atoms with Crippen LogP contribution in [0.1, 0.15) is 15.9 Å². The van der Waals surface area contributed by atoms with E-state index in [1.165, 1.54) is 30.0 Å². The molecule has 10 nitrogen and oxygen atoms in total. The molecule has 0 unspecified atom stereocenters. The van der Waals surface area contributed by atoms with Crippen molar-refractivity contribution in [2.24, 2.45) is 0 Å². The van der Waals surface area contributed by atoms with Gasteiger partial charge in [0.25, 0.3) is 5.91 Å². The van der Waals surface area contributed by atoms with Gasteiger partial charge in [-0.25, -0.2) is 0 Å². The summed E-state index contributed by atoms with van der Waals surface area (Å²) in [6, 6.07) is 12.7. The number of hydrogen-bond acceptors (Lipinski definition) is 6. The fourth-order valence-corrected chi connectivity index (χ4v) is 2.76. The number of aromatic nitrogens is 2. The third kappa shape index (κ3) is 5.19. The van der Waals surface area contributed by atoms with Crippen molar-refractivity contribution in [2.75, 3.05) is 12.4 Å². The van der Waals surface area contributed by atoms with Crippen LogP contribution in [0.4, 0.5) is 11.4 Å². The van der Waals surface area contributed by atoms with E-state index >= 15 is 0 Å². The van der Waals surface area contributed by atoms with Gasteiger partial charge < -0.3 is 15.4 Å². The molecule has 2 aromatic carbocycles. The molecule has 0 spiro atoms. The average molecular weight is 409 g/mol. The molecule has 0 saturated heterocycles. The van der Waals surface area contributed by atoms with E-state index in [1.807, 2.05) is 0 Å². The number of nitro benzene ring substituents is 1. The van der Waals surface area contributed by atoms with Crippen LogP contribution in [0.25, 0.3) is 0 Å². The molecule has 3 aromatic rings. The van der Waals surface area contributed by atoms with E-state index in [9.17, 15) is 19.7 Å². The quantitative estimate of drug-likeness (QED) is 0.434. The summed E-state index contributed by atoms with van der Waals surface area (Å²) < 4.78 is 6.44. The van der Waals surface area contributed by atoms with Crippen LogP contribution in [-0.4, -0.2) is 33.6 Å². The second-order valence-electron chi connectivity index (χ2n) is 6.28. The topological polar surface area (TPSA) is 128 Å². The maximum atomic E-state index is 12.4. The number of amides is 2. The lowest BCUT2D eigenvalue weighted by Gasteiger charge is -2.09. The lowest BCUT2D eigenvalue weighted by molar-refractivity contribution is -0.385. The molecule has 1 heterocycles. The first-order valence-electron chi connectivity index (χ1n) is 8.93. The van der Waals surface area contributed by atoms with E-state index in [0.29, 0.717) is 5.69 Å². The van der Waals surface area contributed by atoms with Gasteiger partial charge in [0.2, 0.25) is 5.91 Å². The van der Waals surface area contributed by atoms with Gasteiger partial charge in [0.15, 0.2) is 5.75 Å². The Morgan fingerprint density at radius 2 is 2.03 bits per heavy atom. The predicted octanol–water partition coefficient (Wildman–Crippen LogP) is 2.37. The molecule has 2 amide bonds. The van der Waals surface area contributed by atoms with Crippen LogP contribution in [0.15, 0.2) is 60.9 Å². The van der Waals surface area contributed by atoms with Crippen LogP contribution in [0.2, 0.25) is 0 Å². The lowest BCUT2D eigenvalue weighted by Crippen LogP contribution is -2.23. The third-order valence-electron chi connectivity index (χ3n) is 4.17. The highest BCUT2D eigenvalue weighted by Crippen LogP contribution is 2.27. The summed E-state index contributed by atoms with van der Waals surface area (Å²) in [7, 11) is 1.32. The van der Waals surface area contributed by atoms with Crippen LogP contribution >= 0.6 is 0 Å². The Morgan fingerprint density at radius 3 is 2.73 bits per heavy atom. The van der Waals surface area contributed by atoms with E-state index in [1.54, 1.807) is 42.7 Å². The first-order chi connectivity index (χ1) is 14.5. The van der Waals surface area contributed by atoms with Gasteiger partial charge in [-0.15, -0.1) is 0 Å². The van der Waals surface area contributed by atoms with E-state index in [4.69, 9.17) is 4.74 Å². The Labute approximate surface area is 171 Å². The number of hydrogen-bond donors (Lipinski definition) is 2. The van der Waals surface area contributed by atoms with Crippen LogP contribution in [0.5, 0.6) is 5.75 Å². The zero-order valence-electron chi connectivity index (χ0n) is 16.1. The second-order valence-corrected chi connectivity index (χ2v) is 6.28. The maximum Gasteiger partial charge on any atom is 0.311 e. The highest BCUT2D eigenvalue weighted by molar-refractivity contribution is 5.95. The zero-order chi connectivity index (χ0) is 21.5. The van der Waals surface area contributed by atoms with Crippen LogP contribution in [0.3, 0.4) is 0 Å². The number of nitrogens with one attached hydrogen (secondary N) is 2. The van der Waals surface area contributed by atoms with Crippen LogP contribution < -0.4 is 15.4 Å². The third-order valence-corrected chi connectivity index (χ3v) is 4.17. The molecular weight excluding hydrogens is 390 g/mol. The van der Waals surface area contributed by atoms with Crippen molar-refractivity contribution in [3.63, 3.8) is 0 Å². The van der Waals surface area contributed by atoms with Crippen molar-refractivity contribution in [1.29, 1.82) is 0 Å². The van der Waals surface area contributed by atoms with Crippen molar-refractivity contribution in [1.82, 2.24) is 15.1 Å². The molecule has 0 saturated carbocycles. The molecule has 0 aliphatic carbocycles. The normalized spacial score (nSPS) is 10.3. The van der Waals surface area contributed by atoms with Crippen LogP contribution in [-0.2, 0) is 17.9 Å². The number of anilines is 1. The molecule has 0 aliphatic heterocycles. The summed E-state index contributed by atoms with van der Waals surface area (Å²) in [5.41, 5.74) is 1.19. The molecule has 3 rings (SSSR count). The Hall–Kier alpha value is -4.21. The van der Waals surface area contributed by atoms with Crippen molar-refractivity contribution in [3.05, 3.63) is 82.2 Å². The largest absolute Gasteiger partial charge is 0.490 e. The Bertz CT molecular complexity index is 1070. The highest BCUT2D eigenvalue weighted by atomic mass is 16.6. The van der Waals surface area contributed by atoms with E-state index in [2.05, 4.69) is 15.7 Å². The van der Waals surface area contributed by atoms with E-state index in [0.717, 1.165) is 5.56 Å². The average Bonchev–Trinajstić information content (AvgIpc) is 3.24. The number of nitro groups is 1. The zero-order valence-corrected chi connectivity index (χ0v) is 16.1. The van der Waals surface area contributed by atoms with Gasteiger partial charge in [0.1, 0.15) is 6.54 Å². The number of carbonyl (C=O) groups excluding carboxylic acids is 2. The van der Waals surface area contributed by atoms with Crippen molar-refractivity contribution < 1.29 is 19.2 Å². The lowest BCUT2D eigenvalue weighted by atomic mass is 10.1. The Balaban J connectivity index is 1.61. The van der Waals surface area contributed by atoms with Crippen molar-refractivity contribution in [3.8, 4) is 5.75 Å². The summed E-state index contributed by atoms with van der Waals surface area (Å²) in [5, 5.41) is 20.6. The first kappa shape index (κ1) is 20.5. The molecule has 154 valence electrons. The summed E-state index contributed by atoms with van der Waals surface area (Å²) in [6.07, 6.45) is 3.28. The molecule has 1 aromatic heterocycles. The smallest absolute Gasteiger partial charge is 0.311 e. The summed E-state index contributed by atoms with van der Waals surface area (Å²) in [5.74, 6) is -0.616. The Morgan fingerprint density at radius 1 is 1.20 bits per heavy atom. The molecule has 2 N–H and O–H groups in total. The molecule has 30 heavy (non-hydrogen) atoms. The number of ether oxygens (including phenoxy) is 1. The number of carbonyl (C=O) groups is 2. The maximum absolute atomic E-state index is 12.4. The summed E-state index contributed by atoms with van der Waals surface area (Å²) >= 11 is 0. The van der Waals surface area contributed by atoms with E-state index < -0.39 is 10.8 Å². The molecule has 0 radical (unpaired) electrons. The van der Waals surface area contributed by atoms with Gasteiger partial charge in [-0.05, 0) is 35.9 Å². The summed E-state index contributed by atoms with van der Waals surface area (Å²) in [4.78, 5) is 35.0. The van der Waals surface area contributed by atoms with Gasteiger partial charge in [0, 0.05) is 36.3 Å². The molecular formula is C20H19N5O5. The number of methoxy groups -OCH3 is 1. The van der Waals surface area contributed by atoms with Crippen molar-refractivity contribution >= 4 is 23.2 Å². The van der Waals surface area contributed by atoms with Gasteiger partial charge in [-0.2, -0.15) is 5.10 Å². The minimum Gasteiger partial charge on any atom is -0.490 e. The van der Waals surface area contributed by atoms with E-state index in [-0.39, 0.29) is 36.0 Å². The predicted molar refractivity (Wildman–Crippen MR) is 108 cm³/mol. The van der Waals surface area contributed by atoms with Gasteiger partial charge in [-0.3, -0.25) is 24.4 Å². The Kier molecular flexibility index (Phi) is 6.38. The highest BCUT2D eigenvalue weighted by Gasteiger charge is 2.18. The first-order valence-corrected chi connectivity index (χ1v) is 8.93. The van der Waals surface area contributed by atoms with Gasteiger partial charge >= 0.3 is 5.69 Å². The molecule has 0 aliphatic rings. The van der Waals surface area contributed by atoms with Crippen LogP contribution in [0, 0.1) is 10.1 Å². The van der Waals surface area contributed by atoms with Gasteiger partial charge in [0.05, 0.1) is 12.0 Å². The van der Waals surface area contributed by atoms with Gasteiger partial charge in [-0.1, -0.05) is 12.1 Å². The minimum absolute atomic E-state index is 0.0788. The monoisotopic (exact) mass is 409 g/mol. The fourth-order valence-electron chi connectivity index (χ4n) is 2.76. The minimum atomic E-state index is -0.606.